The number of amides is 2. The number of ether oxygens (including phenoxy) is 3. The highest BCUT2D eigenvalue weighted by Gasteiger charge is 2.21. The van der Waals surface area contributed by atoms with E-state index in [1.807, 2.05) is 38.1 Å². The lowest BCUT2D eigenvalue weighted by atomic mass is 10.1. The van der Waals surface area contributed by atoms with Crippen molar-refractivity contribution in [3.63, 3.8) is 0 Å². The molecule has 158 valence electrons. The first kappa shape index (κ1) is 21.2. The minimum absolute atomic E-state index is 0.145. The molecule has 2 aromatic carbocycles. The normalized spacial score (nSPS) is 14.7. The summed E-state index contributed by atoms with van der Waals surface area (Å²) < 4.78 is 16.1. The molecule has 1 atom stereocenters. The maximum atomic E-state index is 12.3. The van der Waals surface area contributed by atoms with Gasteiger partial charge < -0.3 is 19.5 Å². The predicted molar refractivity (Wildman–Crippen MR) is 115 cm³/mol. The van der Waals surface area contributed by atoms with Crippen LogP contribution < -0.4 is 20.1 Å². The third-order valence-electron chi connectivity index (χ3n) is 4.60. The van der Waals surface area contributed by atoms with E-state index < -0.39 is 6.09 Å². The molecule has 0 spiro atoms. The van der Waals surface area contributed by atoms with Gasteiger partial charge in [0.05, 0.1) is 13.7 Å². The molecule has 2 amide bonds. The number of nitrogens with one attached hydrogen (secondary N) is 2. The molecule has 1 aliphatic rings. The van der Waals surface area contributed by atoms with Crippen molar-refractivity contribution in [1.82, 2.24) is 5.32 Å². The average molecular weight is 410 g/mol. The Hall–Kier alpha value is -3.48. The van der Waals surface area contributed by atoms with Crippen molar-refractivity contribution >= 4 is 23.8 Å². The maximum absolute atomic E-state index is 12.3. The van der Waals surface area contributed by atoms with Crippen molar-refractivity contribution in [2.45, 2.75) is 32.9 Å². The van der Waals surface area contributed by atoms with Crippen LogP contribution in [0, 0.1) is 0 Å². The molecule has 0 bridgehead atoms. The lowest BCUT2D eigenvalue weighted by molar-refractivity contribution is -0.116. The van der Waals surface area contributed by atoms with E-state index in [1.165, 1.54) is 13.2 Å². The molecule has 30 heavy (non-hydrogen) atoms. The molecule has 0 fully saturated rings. The van der Waals surface area contributed by atoms with Crippen molar-refractivity contribution in [2.24, 2.45) is 0 Å². The maximum Gasteiger partial charge on any atom is 0.411 e. The number of carbonyl (C=O) groups is 2. The molecule has 2 N–H and O–H groups in total. The molecule has 3 rings (SSSR count). The molecule has 7 heteroatoms. The third kappa shape index (κ3) is 5.53. The lowest BCUT2D eigenvalue weighted by Gasteiger charge is -2.10. The molecule has 1 aliphatic heterocycles. The Morgan fingerprint density at radius 3 is 2.70 bits per heavy atom. The first-order valence-corrected chi connectivity index (χ1v) is 9.84. The summed E-state index contributed by atoms with van der Waals surface area (Å²) >= 11 is 0. The molecule has 0 saturated carbocycles. The summed E-state index contributed by atoms with van der Waals surface area (Å²) in [5.41, 5.74) is 3.45. The van der Waals surface area contributed by atoms with Crippen molar-refractivity contribution in [2.75, 3.05) is 19.0 Å². The van der Waals surface area contributed by atoms with E-state index in [2.05, 4.69) is 15.4 Å². The van der Waals surface area contributed by atoms with E-state index in [9.17, 15) is 9.59 Å². The van der Waals surface area contributed by atoms with Crippen LogP contribution in [0.2, 0.25) is 0 Å². The summed E-state index contributed by atoms with van der Waals surface area (Å²) in [5.74, 6) is 1.36. The number of anilines is 1. The Kier molecular flexibility index (Phi) is 6.95. The number of methoxy groups -OCH3 is 1. The standard InChI is InChI=1S/C23H26N2O5/c1-4-29-20-13-18-11-15(2)30-21(18)12-17(20)7-10-22(26)24-14-16-5-8-19(9-6-16)25-23(27)28-3/h5-10,12-13,15H,4,11,14H2,1-3H3,(H,24,26)(H,25,27)/b10-7+. The Morgan fingerprint density at radius 2 is 2.00 bits per heavy atom. The van der Waals surface area contributed by atoms with Gasteiger partial charge in [-0.05, 0) is 49.8 Å². The summed E-state index contributed by atoms with van der Waals surface area (Å²) in [7, 11) is 1.31. The number of hydrogen-bond donors (Lipinski definition) is 2. The zero-order chi connectivity index (χ0) is 21.5. The second kappa shape index (κ2) is 9.82. The SMILES string of the molecule is CCOc1cc2c(cc1/C=C/C(=O)NCc1ccc(NC(=O)OC)cc1)OC(C)C2. The van der Waals surface area contributed by atoms with Crippen LogP contribution in [0.3, 0.4) is 0 Å². The quantitative estimate of drug-likeness (QED) is 0.676. The Morgan fingerprint density at radius 1 is 1.23 bits per heavy atom. The summed E-state index contributed by atoms with van der Waals surface area (Å²) in [6.45, 7) is 4.87. The van der Waals surface area contributed by atoms with Crippen LogP contribution >= 0.6 is 0 Å². The van der Waals surface area contributed by atoms with Crippen molar-refractivity contribution in [3.05, 3.63) is 59.2 Å². The van der Waals surface area contributed by atoms with Crippen LogP contribution in [0.1, 0.15) is 30.5 Å². The number of fused-ring (bicyclic) bond motifs is 1. The van der Waals surface area contributed by atoms with Crippen LogP contribution in [0.5, 0.6) is 11.5 Å². The second-order valence-corrected chi connectivity index (χ2v) is 6.93. The summed E-state index contributed by atoms with van der Waals surface area (Å²) in [5, 5.41) is 5.42. The van der Waals surface area contributed by atoms with Gasteiger partial charge in [0.2, 0.25) is 5.91 Å². The lowest BCUT2D eigenvalue weighted by Crippen LogP contribution is -2.20. The zero-order valence-corrected chi connectivity index (χ0v) is 17.4. The first-order chi connectivity index (χ1) is 14.5. The zero-order valence-electron chi connectivity index (χ0n) is 17.4. The van der Waals surface area contributed by atoms with Crippen molar-refractivity contribution in [1.29, 1.82) is 0 Å². The third-order valence-corrected chi connectivity index (χ3v) is 4.60. The van der Waals surface area contributed by atoms with Gasteiger partial charge in [0.15, 0.2) is 0 Å². The van der Waals surface area contributed by atoms with E-state index >= 15 is 0 Å². The number of carbonyl (C=O) groups excluding carboxylic acids is 2. The molecule has 0 radical (unpaired) electrons. The largest absolute Gasteiger partial charge is 0.493 e. The van der Waals surface area contributed by atoms with E-state index in [0.29, 0.717) is 18.8 Å². The van der Waals surface area contributed by atoms with Crippen LogP contribution in [-0.4, -0.2) is 31.8 Å². The van der Waals surface area contributed by atoms with Gasteiger partial charge in [-0.15, -0.1) is 0 Å². The van der Waals surface area contributed by atoms with Crippen LogP contribution in [-0.2, 0) is 22.5 Å². The Bertz CT molecular complexity index is 937. The van der Waals surface area contributed by atoms with E-state index in [0.717, 1.165) is 34.6 Å². The van der Waals surface area contributed by atoms with E-state index in [1.54, 1.807) is 18.2 Å². The monoisotopic (exact) mass is 410 g/mol. The topological polar surface area (TPSA) is 85.9 Å². The number of benzene rings is 2. The smallest absolute Gasteiger partial charge is 0.411 e. The van der Waals surface area contributed by atoms with Gasteiger partial charge in [-0.3, -0.25) is 10.1 Å². The van der Waals surface area contributed by atoms with E-state index in [-0.39, 0.29) is 12.0 Å². The number of rotatable bonds is 7. The molecule has 0 aromatic heterocycles. The molecule has 1 unspecified atom stereocenters. The second-order valence-electron chi connectivity index (χ2n) is 6.93. The van der Waals surface area contributed by atoms with Gasteiger partial charge in [0.25, 0.3) is 0 Å². The fraction of sp³-hybridized carbons (Fsp3) is 0.304. The van der Waals surface area contributed by atoms with Crippen LogP contribution in [0.25, 0.3) is 6.08 Å². The van der Waals surface area contributed by atoms with E-state index in [4.69, 9.17) is 9.47 Å². The molecule has 0 aliphatic carbocycles. The number of hydrogen-bond acceptors (Lipinski definition) is 5. The predicted octanol–water partition coefficient (Wildman–Crippen LogP) is 3.92. The molecule has 7 nitrogen and oxygen atoms in total. The van der Waals surface area contributed by atoms with Gasteiger partial charge in [0.1, 0.15) is 17.6 Å². The Balaban J connectivity index is 1.59. The average Bonchev–Trinajstić information content (AvgIpc) is 3.10. The molecule has 1 heterocycles. The van der Waals surface area contributed by atoms with Crippen LogP contribution in [0.4, 0.5) is 10.5 Å². The van der Waals surface area contributed by atoms with Gasteiger partial charge in [-0.25, -0.2) is 4.79 Å². The minimum atomic E-state index is -0.529. The highest BCUT2D eigenvalue weighted by Crippen LogP contribution is 2.35. The fourth-order valence-corrected chi connectivity index (χ4v) is 3.15. The summed E-state index contributed by atoms with van der Waals surface area (Å²) in [4.78, 5) is 23.5. The summed E-state index contributed by atoms with van der Waals surface area (Å²) in [6.07, 6.45) is 3.69. The highest BCUT2D eigenvalue weighted by molar-refractivity contribution is 5.92. The van der Waals surface area contributed by atoms with Crippen molar-refractivity contribution in [3.8, 4) is 11.5 Å². The van der Waals surface area contributed by atoms with Crippen molar-refractivity contribution < 1.29 is 23.8 Å². The van der Waals surface area contributed by atoms with Gasteiger partial charge >= 0.3 is 6.09 Å². The van der Waals surface area contributed by atoms with Crippen LogP contribution in [0.15, 0.2) is 42.5 Å². The van der Waals surface area contributed by atoms with Gasteiger partial charge in [-0.1, -0.05) is 12.1 Å². The molecular weight excluding hydrogens is 384 g/mol. The van der Waals surface area contributed by atoms with Gasteiger partial charge in [-0.2, -0.15) is 0 Å². The highest BCUT2D eigenvalue weighted by atomic mass is 16.5. The molecular formula is C23H26N2O5. The Labute approximate surface area is 176 Å². The fourth-order valence-electron chi connectivity index (χ4n) is 3.15. The molecule has 0 saturated heterocycles. The minimum Gasteiger partial charge on any atom is -0.493 e. The first-order valence-electron chi connectivity index (χ1n) is 9.84. The summed E-state index contributed by atoms with van der Waals surface area (Å²) in [6, 6.07) is 11.0. The molecule has 2 aromatic rings. The van der Waals surface area contributed by atoms with Gasteiger partial charge in [0, 0.05) is 35.9 Å².